The van der Waals surface area contributed by atoms with Crippen LogP contribution in [0.5, 0.6) is 0 Å². The van der Waals surface area contributed by atoms with Crippen molar-refractivity contribution in [3.63, 3.8) is 0 Å². The minimum atomic E-state index is -5.10. The van der Waals surface area contributed by atoms with Gasteiger partial charge in [-0.3, -0.25) is 4.79 Å². The number of aryl methyl sites for hydroxylation is 3. The number of Topliss-reactive ketones (excluding diaryl/α,β-unsaturated/α-hetero) is 1. The molecule has 3 aromatic carbocycles. The molecular weight excluding hydrogens is 606 g/mol. The largest absolute Gasteiger partial charge is 0.417 e. The molecule has 0 heterocycles. The molecule has 40 heavy (non-hydrogen) atoms. The van der Waals surface area contributed by atoms with Crippen molar-refractivity contribution in [2.24, 2.45) is 0 Å². The van der Waals surface area contributed by atoms with Gasteiger partial charge in [-0.25, -0.2) is 4.39 Å². The summed E-state index contributed by atoms with van der Waals surface area (Å²) < 4.78 is 98.2. The van der Waals surface area contributed by atoms with Crippen molar-refractivity contribution in [2.45, 2.75) is 39.0 Å². The lowest BCUT2D eigenvalue weighted by Gasteiger charge is -2.19. The zero-order valence-electron chi connectivity index (χ0n) is 21.1. The van der Waals surface area contributed by atoms with Crippen molar-refractivity contribution < 1.29 is 35.5 Å². The zero-order chi connectivity index (χ0) is 30.2. The number of anilines is 1. The van der Waals surface area contributed by atoms with Crippen LogP contribution in [0, 0.1) is 20.8 Å². The lowest BCUT2D eigenvalue weighted by molar-refractivity contribution is -0.140. The molecule has 3 aromatic rings. The summed E-state index contributed by atoms with van der Waals surface area (Å²) in [7, 11) is 0. The highest BCUT2D eigenvalue weighted by molar-refractivity contribution is 6.48. The molecule has 0 bridgehead atoms. The van der Waals surface area contributed by atoms with Gasteiger partial charge < -0.3 is 5.32 Å². The Morgan fingerprint density at radius 3 is 1.95 bits per heavy atom. The third-order valence-corrected chi connectivity index (χ3v) is 7.23. The van der Waals surface area contributed by atoms with Gasteiger partial charge in [-0.15, -0.1) is 0 Å². The Bertz CT molecular complexity index is 1430. The summed E-state index contributed by atoms with van der Waals surface area (Å²) in [6, 6.07) is 7.21. The molecule has 0 saturated carbocycles. The first kappa shape index (κ1) is 31.8. The van der Waals surface area contributed by atoms with Crippen molar-refractivity contribution >= 4 is 52.1 Å². The first-order chi connectivity index (χ1) is 18.4. The molecule has 0 aromatic heterocycles. The Labute approximate surface area is 240 Å². The summed E-state index contributed by atoms with van der Waals surface area (Å²) in [6.07, 6.45) is -10.0. The number of hydrogen-bond donors (Lipinski definition) is 1. The zero-order valence-corrected chi connectivity index (χ0v) is 23.4. The number of nitrogens with one attached hydrogen (secondary N) is 1. The SMILES string of the molecule is Cc1cc(C)c(NCC(=O)c2ccc(/C(F)=C/C(c3cc(Cl)c(Cl)c(Cl)c3)C(F)(F)F)cc2C(F)(F)F)c(C)c1. The van der Waals surface area contributed by atoms with Crippen LogP contribution in [0.25, 0.3) is 5.83 Å². The first-order valence-electron chi connectivity index (χ1n) is 11.5. The van der Waals surface area contributed by atoms with E-state index in [1.807, 2.05) is 19.1 Å². The number of ketones is 1. The molecule has 0 fully saturated rings. The Balaban J connectivity index is 1.99. The molecule has 1 unspecified atom stereocenters. The lowest BCUT2D eigenvalue weighted by atomic mass is 9.95. The standard InChI is InChI=1S/C28H21Cl3F7NO/c1-13-6-14(2)26(15(3)7-13)39-12-24(40)18-5-4-16(8-20(18)28(36,37)38)23(32)11-19(27(33,34)35)17-9-21(29)25(31)22(30)10-17/h4-11,19,39H,12H2,1-3H3/b23-11-. The highest BCUT2D eigenvalue weighted by Gasteiger charge is 2.41. The van der Waals surface area contributed by atoms with Crippen molar-refractivity contribution in [1.29, 1.82) is 0 Å². The molecule has 0 aliphatic rings. The molecule has 12 heteroatoms. The maximum Gasteiger partial charge on any atom is 0.417 e. The maximum absolute atomic E-state index is 15.1. The van der Waals surface area contributed by atoms with Crippen molar-refractivity contribution in [3.05, 3.63) is 103 Å². The Morgan fingerprint density at radius 2 is 1.45 bits per heavy atom. The van der Waals surface area contributed by atoms with E-state index in [1.165, 1.54) is 0 Å². The molecule has 1 N–H and O–H groups in total. The fraction of sp³-hybridized carbons (Fsp3) is 0.250. The molecule has 2 nitrogen and oxygen atoms in total. The predicted molar refractivity (Wildman–Crippen MR) is 144 cm³/mol. The smallest absolute Gasteiger partial charge is 0.377 e. The fourth-order valence-electron chi connectivity index (χ4n) is 4.27. The summed E-state index contributed by atoms with van der Waals surface area (Å²) >= 11 is 17.4. The molecule has 0 amide bonds. The van der Waals surface area contributed by atoms with E-state index in [2.05, 4.69) is 5.32 Å². The average Bonchev–Trinajstić information content (AvgIpc) is 2.83. The normalized spacial score (nSPS) is 13.4. The number of alkyl halides is 6. The topological polar surface area (TPSA) is 29.1 Å². The van der Waals surface area contributed by atoms with Gasteiger partial charge in [0.25, 0.3) is 0 Å². The maximum atomic E-state index is 15.1. The second-order valence-electron chi connectivity index (χ2n) is 9.14. The molecule has 214 valence electrons. The number of allylic oxidation sites excluding steroid dienone is 1. The Kier molecular flexibility index (Phi) is 9.54. The van der Waals surface area contributed by atoms with E-state index in [9.17, 15) is 31.1 Å². The van der Waals surface area contributed by atoms with Crippen molar-refractivity contribution in [3.8, 4) is 0 Å². The van der Waals surface area contributed by atoms with Gasteiger partial charge in [0.1, 0.15) is 11.7 Å². The fourth-order valence-corrected chi connectivity index (χ4v) is 4.88. The van der Waals surface area contributed by atoms with E-state index in [0.29, 0.717) is 11.8 Å². The van der Waals surface area contributed by atoms with Gasteiger partial charge in [0.2, 0.25) is 0 Å². The monoisotopic (exact) mass is 625 g/mol. The van der Waals surface area contributed by atoms with Crippen molar-refractivity contribution in [1.82, 2.24) is 0 Å². The molecular formula is C28H21Cl3F7NO. The second kappa shape index (κ2) is 12.0. The number of halogens is 10. The number of carbonyl (C=O) groups excluding carboxylic acids is 1. The molecule has 0 spiro atoms. The van der Waals surface area contributed by atoms with E-state index in [0.717, 1.165) is 41.0 Å². The van der Waals surface area contributed by atoms with Crippen LogP contribution >= 0.6 is 34.8 Å². The highest BCUT2D eigenvalue weighted by atomic mass is 35.5. The van der Waals surface area contributed by atoms with E-state index >= 15 is 4.39 Å². The molecule has 0 radical (unpaired) electrons. The van der Waals surface area contributed by atoms with Crippen LogP contribution in [0.3, 0.4) is 0 Å². The van der Waals surface area contributed by atoms with E-state index in [4.69, 9.17) is 34.8 Å². The highest BCUT2D eigenvalue weighted by Crippen LogP contribution is 2.43. The van der Waals surface area contributed by atoms with Crippen LogP contribution < -0.4 is 5.32 Å². The van der Waals surface area contributed by atoms with Crippen LogP contribution in [-0.2, 0) is 6.18 Å². The third-order valence-electron chi connectivity index (χ3n) is 6.03. The number of carbonyl (C=O) groups is 1. The van der Waals surface area contributed by atoms with Gasteiger partial charge in [-0.2, -0.15) is 26.3 Å². The van der Waals surface area contributed by atoms with E-state index in [-0.39, 0.29) is 21.1 Å². The van der Waals surface area contributed by atoms with Gasteiger partial charge in [0.15, 0.2) is 5.78 Å². The molecule has 0 saturated heterocycles. The summed E-state index contributed by atoms with van der Waals surface area (Å²) in [6.45, 7) is 4.92. The Morgan fingerprint density at radius 1 is 0.900 bits per heavy atom. The average molecular weight is 627 g/mol. The van der Waals surface area contributed by atoms with Gasteiger partial charge in [-0.1, -0.05) is 64.6 Å². The summed E-state index contributed by atoms with van der Waals surface area (Å²) in [5.41, 5.74) is -0.509. The van der Waals surface area contributed by atoms with Crippen LogP contribution in [0.15, 0.2) is 48.5 Å². The third kappa shape index (κ3) is 7.30. The molecule has 3 rings (SSSR count). The molecule has 0 aliphatic carbocycles. The summed E-state index contributed by atoms with van der Waals surface area (Å²) in [5, 5.41) is 1.98. The predicted octanol–water partition coefficient (Wildman–Crippen LogP) is 10.5. The lowest BCUT2D eigenvalue weighted by Crippen LogP contribution is -2.20. The van der Waals surface area contributed by atoms with Crippen LogP contribution in [0.2, 0.25) is 15.1 Å². The second-order valence-corrected chi connectivity index (χ2v) is 10.3. The minimum absolute atomic E-state index is 0.109. The van der Waals surface area contributed by atoms with Gasteiger partial charge in [0, 0.05) is 16.8 Å². The number of rotatable bonds is 7. The molecule has 0 aliphatic heterocycles. The first-order valence-corrected chi connectivity index (χ1v) is 12.7. The number of hydrogen-bond acceptors (Lipinski definition) is 2. The number of benzene rings is 3. The van der Waals surface area contributed by atoms with Gasteiger partial charge in [-0.05, 0) is 61.7 Å². The van der Waals surface area contributed by atoms with Gasteiger partial charge in [0.05, 0.1) is 27.2 Å². The Hall–Kier alpha value is -2.75. The summed E-state index contributed by atoms with van der Waals surface area (Å²) in [5.74, 6) is -5.15. The van der Waals surface area contributed by atoms with Gasteiger partial charge >= 0.3 is 12.4 Å². The molecule has 1 atom stereocenters. The van der Waals surface area contributed by atoms with Crippen LogP contribution in [0.1, 0.15) is 49.7 Å². The van der Waals surface area contributed by atoms with Crippen molar-refractivity contribution in [2.75, 3.05) is 11.9 Å². The minimum Gasteiger partial charge on any atom is -0.377 e. The summed E-state index contributed by atoms with van der Waals surface area (Å²) in [4.78, 5) is 12.8. The quantitative estimate of drug-likeness (QED) is 0.161. The van der Waals surface area contributed by atoms with E-state index < -0.39 is 58.7 Å². The van der Waals surface area contributed by atoms with Crippen LogP contribution in [-0.4, -0.2) is 18.5 Å². The van der Waals surface area contributed by atoms with E-state index in [1.54, 1.807) is 13.8 Å². The van der Waals surface area contributed by atoms with Crippen LogP contribution in [0.4, 0.5) is 36.4 Å².